The summed E-state index contributed by atoms with van der Waals surface area (Å²) in [7, 11) is 0. The molecule has 0 saturated carbocycles. The van der Waals surface area contributed by atoms with E-state index in [9.17, 15) is 13.2 Å². The van der Waals surface area contributed by atoms with E-state index in [0.29, 0.717) is 0 Å². The fourth-order valence-electron chi connectivity index (χ4n) is 0.663. The lowest BCUT2D eigenvalue weighted by atomic mass is 10.4. The van der Waals surface area contributed by atoms with E-state index in [2.05, 4.69) is 9.72 Å². The van der Waals surface area contributed by atoms with E-state index in [1.54, 1.807) is 0 Å². The van der Waals surface area contributed by atoms with Crippen LogP contribution in [-0.4, -0.2) is 17.8 Å². The number of aromatic nitrogens is 1. The number of rotatable bonds is 3. The second-order valence-corrected chi connectivity index (χ2v) is 3.43. The van der Waals surface area contributed by atoms with Gasteiger partial charge in [-0.3, -0.25) is 0 Å². The number of alkyl halides is 3. The second kappa shape index (κ2) is 3.95. The minimum Gasteiger partial charge on any atom is -0.460 e. The topological polar surface area (TPSA) is 22.1 Å². The Bertz CT molecular complexity index is 271. The van der Waals surface area contributed by atoms with Gasteiger partial charge in [0.1, 0.15) is 0 Å². The zero-order chi connectivity index (χ0) is 9.90. The Morgan fingerprint density at radius 1 is 1.54 bits per heavy atom. The third-order valence-corrected chi connectivity index (χ3v) is 2.29. The number of ether oxygens (including phenoxy) is 1. The van der Waals surface area contributed by atoms with Crippen LogP contribution in [0.3, 0.4) is 0 Å². The summed E-state index contributed by atoms with van der Waals surface area (Å²) < 4.78 is 39.5. The lowest BCUT2D eigenvalue weighted by Crippen LogP contribution is -2.19. The van der Waals surface area contributed by atoms with Gasteiger partial charge in [-0.2, -0.15) is 13.2 Å². The maximum Gasteiger partial charge on any atom is 0.422 e. The molecule has 0 bridgehead atoms. The minimum atomic E-state index is -4.29. The molecule has 0 aliphatic heterocycles. The van der Waals surface area contributed by atoms with Crippen molar-refractivity contribution in [2.24, 2.45) is 0 Å². The number of hydrogen-bond donors (Lipinski definition) is 0. The van der Waals surface area contributed by atoms with Crippen LogP contribution in [0.5, 0.6) is 5.19 Å². The molecular formula is C7H8F3NOS. The van der Waals surface area contributed by atoms with Crippen molar-refractivity contribution in [2.75, 3.05) is 6.61 Å². The first-order chi connectivity index (χ1) is 6.01. The number of hydrogen-bond acceptors (Lipinski definition) is 3. The Labute approximate surface area is 77.4 Å². The molecule has 0 N–H and O–H groups in total. The van der Waals surface area contributed by atoms with Gasteiger partial charge in [0.15, 0.2) is 6.61 Å². The molecule has 0 aliphatic carbocycles. The summed E-state index contributed by atoms with van der Waals surface area (Å²) in [6.45, 7) is 0.630. The lowest BCUT2D eigenvalue weighted by molar-refractivity contribution is -0.153. The molecular weight excluding hydrogens is 203 g/mol. The molecule has 1 heterocycles. The summed E-state index contributed by atoms with van der Waals surface area (Å²) in [5.74, 6) is 0. The van der Waals surface area contributed by atoms with Crippen LogP contribution in [0.1, 0.15) is 11.8 Å². The Morgan fingerprint density at radius 3 is 2.69 bits per heavy atom. The first kappa shape index (κ1) is 10.3. The van der Waals surface area contributed by atoms with Gasteiger partial charge in [-0.25, -0.2) is 4.98 Å². The zero-order valence-electron chi connectivity index (χ0n) is 6.89. The summed E-state index contributed by atoms with van der Waals surface area (Å²) >= 11 is 1.14. The van der Waals surface area contributed by atoms with Crippen molar-refractivity contribution in [3.8, 4) is 5.19 Å². The molecule has 0 aliphatic rings. The predicted octanol–water partition coefficient (Wildman–Crippen LogP) is 2.65. The van der Waals surface area contributed by atoms with Crippen molar-refractivity contribution in [1.29, 1.82) is 0 Å². The molecule has 74 valence electrons. The third-order valence-electron chi connectivity index (χ3n) is 1.24. The van der Waals surface area contributed by atoms with Gasteiger partial charge in [0.25, 0.3) is 5.19 Å². The molecule has 0 unspecified atom stereocenters. The summed E-state index contributed by atoms with van der Waals surface area (Å²) in [4.78, 5) is 4.60. The van der Waals surface area contributed by atoms with Crippen molar-refractivity contribution < 1.29 is 17.9 Å². The van der Waals surface area contributed by atoms with E-state index in [0.717, 1.165) is 22.6 Å². The summed E-state index contributed by atoms with van der Waals surface area (Å²) in [5.41, 5.74) is 0. The Morgan fingerprint density at radius 2 is 2.23 bits per heavy atom. The highest BCUT2D eigenvalue weighted by Gasteiger charge is 2.28. The normalized spacial score (nSPS) is 11.7. The van der Waals surface area contributed by atoms with E-state index in [-0.39, 0.29) is 5.19 Å². The highest BCUT2D eigenvalue weighted by molar-refractivity contribution is 7.13. The van der Waals surface area contributed by atoms with Gasteiger partial charge in [0.05, 0.1) is 0 Å². The Balaban J connectivity index is 2.46. The van der Waals surface area contributed by atoms with Crippen LogP contribution >= 0.6 is 11.3 Å². The van der Waals surface area contributed by atoms with Crippen LogP contribution in [0.4, 0.5) is 13.2 Å². The minimum absolute atomic E-state index is 0.0779. The average Bonchev–Trinajstić information content (AvgIpc) is 2.47. The van der Waals surface area contributed by atoms with E-state index in [1.165, 1.54) is 6.20 Å². The Hall–Kier alpha value is -0.780. The van der Waals surface area contributed by atoms with E-state index in [4.69, 9.17) is 0 Å². The number of nitrogens with zero attached hydrogens (tertiary/aromatic N) is 1. The Kier molecular flexibility index (Phi) is 3.13. The van der Waals surface area contributed by atoms with Crippen molar-refractivity contribution in [2.45, 2.75) is 19.5 Å². The quantitative estimate of drug-likeness (QED) is 0.766. The monoisotopic (exact) mass is 211 g/mol. The smallest absolute Gasteiger partial charge is 0.422 e. The van der Waals surface area contributed by atoms with E-state index >= 15 is 0 Å². The zero-order valence-corrected chi connectivity index (χ0v) is 7.71. The predicted molar refractivity (Wildman–Crippen MR) is 43.0 cm³/mol. The fourth-order valence-corrected chi connectivity index (χ4v) is 1.36. The van der Waals surface area contributed by atoms with Gasteiger partial charge in [0.2, 0.25) is 0 Å². The number of aryl methyl sites for hydroxylation is 1. The van der Waals surface area contributed by atoms with Crippen molar-refractivity contribution in [3.05, 3.63) is 11.1 Å². The SMILES string of the molecule is CCc1cnc(OCC(F)(F)F)s1. The van der Waals surface area contributed by atoms with E-state index < -0.39 is 12.8 Å². The molecule has 13 heavy (non-hydrogen) atoms. The summed E-state index contributed by atoms with van der Waals surface area (Å²) in [5, 5.41) is 0.0779. The first-order valence-corrected chi connectivity index (χ1v) is 4.47. The van der Waals surface area contributed by atoms with Gasteiger partial charge < -0.3 is 4.74 Å². The van der Waals surface area contributed by atoms with Crippen molar-refractivity contribution >= 4 is 11.3 Å². The van der Waals surface area contributed by atoms with Crippen LogP contribution in [0.15, 0.2) is 6.20 Å². The van der Waals surface area contributed by atoms with Crippen LogP contribution in [-0.2, 0) is 6.42 Å². The van der Waals surface area contributed by atoms with Crippen molar-refractivity contribution in [3.63, 3.8) is 0 Å². The summed E-state index contributed by atoms with van der Waals surface area (Å²) in [6.07, 6.45) is -2.01. The highest BCUT2D eigenvalue weighted by atomic mass is 32.1. The molecule has 0 saturated heterocycles. The van der Waals surface area contributed by atoms with Crippen molar-refractivity contribution in [1.82, 2.24) is 4.98 Å². The molecule has 1 aromatic heterocycles. The second-order valence-electron chi connectivity index (χ2n) is 2.35. The summed E-state index contributed by atoms with van der Waals surface area (Å²) in [6, 6.07) is 0. The molecule has 0 amide bonds. The van der Waals surface area contributed by atoms with Gasteiger partial charge in [-0.05, 0) is 6.42 Å². The average molecular weight is 211 g/mol. The van der Waals surface area contributed by atoms with Crippen LogP contribution in [0.25, 0.3) is 0 Å². The third kappa shape index (κ3) is 3.63. The number of thiazole rings is 1. The fraction of sp³-hybridized carbons (Fsp3) is 0.571. The molecule has 1 rings (SSSR count). The standard InChI is InChI=1S/C7H8F3NOS/c1-2-5-3-11-6(13-5)12-4-7(8,9)10/h3H,2,4H2,1H3. The lowest BCUT2D eigenvalue weighted by Gasteiger charge is -2.05. The molecule has 2 nitrogen and oxygen atoms in total. The van der Waals surface area contributed by atoms with E-state index in [1.807, 2.05) is 6.92 Å². The molecule has 1 aromatic rings. The van der Waals surface area contributed by atoms with Gasteiger partial charge in [0, 0.05) is 11.1 Å². The van der Waals surface area contributed by atoms with Crippen LogP contribution in [0, 0.1) is 0 Å². The molecule has 0 atom stereocenters. The molecule has 0 fully saturated rings. The molecule has 0 spiro atoms. The molecule has 0 aromatic carbocycles. The first-order valence-electron chi connectivity index (χ1n) is 3.65. The maximum atomic E-state index is 11.7. The van der Waals surface area contributed by atoms with Gasteiger partial charge in [-0.1, -0.05) is 18.3 Å². The van der Waals surface area contributed by atoms with Gasteiger partial charge in [-0.15, -0.1) is 0 Å². The van der Waals surface area contributed by atoms with Crippen LogP contribution < -0.4 is 4.74 Å². The van der Waals surface area contributed by atoms with Crippen LogP contribution in [0.2, 0.25) is 0 Å². The maximum absolute atomic E-state index is 11.7. The number of halogens is 3. The molecule has 0 radical (unpaired) electrons. The largest absolute Gasteiger partial charge is 0.460 e. The highest BCUT2D eigenvalue weighted by Crippen LogP contribution is 2.23. The molecule has 6 heteroatoms. The van der Waals surface area contributed by atoms with Gasteiger partial charge >= 0.3 is 6.18 Å².